The smallest absolute Gasteiger partial charge is 0.253 e. The first-order valence-corrected chi connectivity index (χ1v) is 6.39. The van der Waals surface area contributed by atoms with Gasteiger partial charge in [0, 0.05) is 31.3 Å². The van der Waals surface area contributed by atoms with Crippen molar-refractivity contribution in [2.45, 2.75) is 13.1 Å². The molecule has 0 unspecified atom stereocenters. The Kier molecular flexibility index (Phi) is 4.48. The zero-order valence-corrected chi connectivity index (χ0v) is 11.3. The van der Waals surface area contributed by atoms with Gasteiger partial charge >= 0.3 is 0 Å². The second-order valence-corrected chi connectivity index (χ2v) is 4.66. The highest BCUT2D eigenvalue weighted by Crippen LogP contribution is 2.12. The van der Waals surface area contributed by atoms with Crippen LogP contribution in [0.1, 0.15) is 21.5 Å². The SMILES string of the molecule is CN(Cc1ccccc1F)C(=O)c1cccc(CN)c1. The number of rotatable bonds is 4. The molecular formula is C16H17FN2O. The Morgan fingerprint density at radius 2 is 1.95 bits per heavy atom. The maximum absolute atomic E-state index is 13.6. The molecule has 0 saturated carbocycles. The number of carbonyl (C=O) groups excluding carboxylic acids is 1. The number of hydrogen-bond donors (Lipinski definition) is 1. The summed E-state index contributed by atoms with van der Waals surface area (Å²) in [5.41, 5.74) is 7.52. The molecule has 4 heteroatoms. The molecule has 0 saturated heterocycles. The predicted octanol–water partition coefficient (Wildman–Crippen LogP) is 2.56. The van der Waals surface area contributed by atoms with Gasteiger partial charge in [0.2, 0.25) is 0 Å². The first kappa shape index (κ1) is 14.2. The van der Waals surface area contributed by atoms with E-state index in [0.717, 1.165) is 5.56 Å². The zero-order chi connectivity index (χ0) is 14.5. The maximum Gasteiger partial charge on any atom is 0.253 e. The molecule has 0 radical (unpaired) electrons. The normalized spacial score (nSPS) is 10.3. The van der Waals surface area contributed by atoms with Crippen molar-refractivity contribution >= 4 is 5.91 Å². The van der Waals surface area contributed by atoms with Crippen LogP contribution in [0.2, 0.25) is 0 Å². The van der Waals surface area contributed by atoms with E-state index in [0.29, 0.717) is 17.7 Å². The fraction of sp³-hybridized carbons (Fsp3) is 0.188. The summed E-state index contributed by atoms with van der Waals surface area (Å²) in [4.78, 5) is 13.8. The van der Waals surface area contributed by atoms with Gasteiger partial charge in [0.25, 0.3) is 5.91 Å². The van der Waals surface area contributed by atoms with Crippen molar-refractivity contribution in [3.63, 3.8) is 0 Å². The molecule has 0 spiro atoms. The number of amides is 1. The van der Waals surface area contributed by atoms with E-state index in [-0.39, 0.29) is 18.3 Å². The average molecular weight is 272 g/mol. The summed E-state index contributed by atoms with van der Waals surface area (Å²) in [6.07, 6.45) is 0. The number of halogens is 1. The molecule has 2 N–H and O–H groups in total. The van der Waals surface area contributed by atoms with Gasteiger partial charge in [-0.15, -0.1) is 0 Å². The first-order valence-electron chi connectivity index (χ1n) is 6.39. The van der Waals surface area contributed by atoms with Gasteiger partial charge in [-0.3, -0.25) is 4.79 Å². The van der Waals surface area contributed by atoms with Gasteiger partial charge < -0.3 is 10.6 Å². The molecule has 0 atom stereocenters. The van der Waals surface area contributed by atoms with Gasteiger partial charge in [0.05, 0.1) is 0 Å². The van der Waals surface area contributed by atoms with E-state index in [9.17, 15) is 9.18 Å². The zero-order valence-electron chi connectivity index (χ0n) is 11.3. The summed E-state index contributed by atoms with van der Waals surface area (Å²) in [5, 5.41) is 0. The van der Waals surface area contributed by atoms with Crippen LogP contribution >= 0.6 is 0 Å². The summed E-state index contributed by atoms with van der Waals surface area (Å²) < 4.78 is 13.6. The Bertz CT molecular complexity index is 613. The fourth-order valence-corrected chi connectivity index (χ4v) is 2.01. The van der Waals surface area contributed by atoms with Crippen molar-refractivity contribution < 1.29 is 9.18 Å². The Morgan fingerprint density at radius 3 is 2.65 bits per heavy atom. The van der Waals surface area contributed by atoms with E-state index in [1.54, 1.807) is 43.4 Å². The van der Waals surface area contributed by atoms with Crippen LogP contribution in [-0.2, 0) is 13.1 Å². The minimum atomic E-state index is -0.303. The van der Waals surface area contributed by atoms with Crippen molar-refractivity contribution in [3.8, 4) is 0 Å². The lowest BCUT2D eigenvalue weighted by atomic mass is 10.1. The molecule has 0 aromatic heterocycles. The van der Waals surface area contributed by atoms with E-state index in [1.807, 2.05) is 6.07 Å². The molecular weight excluding hydrogens is 255 g/mol. The van der Waals surface area contributed by atoms with Crippen molar-refractivity contribution in [2.24, 2.45) is 5.73 Å². The van der Waals surface area contributed by atoms with E-state index < -0.39 is 0 Å². The van der Waals surface area contributed by atoms with Crippen LogP contribution in [0, 0.1) is 5.82 Å². The molecule has 0 fully saturated rings. The molecule has 0 aliphatic rings. The highest BCUT2D eigenvalue weighted by Gasteiger charge is 2.13. The summed E-state index contributed by atoms with van der Waals surface area (Å²) in [6.45, 7) is 0.622. The minimum absolute atomic E-state index is 0.149. The van der Waals surface area contributed by atoms with Crippen LogP contribution in [-0.4, -0.2) is 17.9 Å². The van der Waals surface area contributed by atoms with Gasteiger partial charge in [-0.2, -0.15) is 0 Å². The summed E-state index contributed by atoms with van der Waals surface area (Å²) in [7, 11) is 1.66. The number of carbonyl (C=O) groups is 1. The van der Waals surface area contributed by atoms with Crippen LogP contribution in [0.5, 0.6) is 0 Å². The predicted molar refractivity (Wildman–Crippen MR) is 76.5 cm³/mol. The number of nitrogens with zero attached hydrogens (tertiary/aromatic N) is 1. The van der Waals surface area contributed by atoms with Crippen molar-refractivity contribution in [2.75, 3.05) is 7.05 Å². The molecule has 0 bridgehead atoms. The third-order valence-electron chi connectivity index (χ3n) is 3.12. The second-order valence-electron chi connectivity index (χ2n) is 4.66. The number of nitrogens with two attached hydrogens (primary N) is 1. The van der Waals surface area contributed by atoms with Crippen LogP contribution < -0.4 is 5.73 Å². The molecule has 0 aliphatic carbocycles. The summed E-state index contributed by atoms with van der Waals surface area (Å²) in [5.74, 6) is -0.452. The molecule has 2 rings (SSSR count). The Hall–Kier alpha value is -2.20. The van der Waals surface area contributed by atoms with Crippen molar-refractivity contribution in [1.29, 1.82) is 0 Å². The van der Waals surface area contributed by atoms with E-state index in [2.05, 4.69) is 0 Å². The molecule has 2 aromatic rings. The van der Waals surface area contributed by atoms with Gasteiger partial charge in [-0.1, -0.05) is 30.3 Å². The molecule has 1 amide bonds. The van der Waals surface area contributed by atoms with E-state index in [4.69, 9.17) is 5.73 Å². The fourth-order valence-electron chi connectivity index (χ4n) is 2.01. The minimum Gasteiger partial charge on any atom is -0.337 e. The third-order valence-corrected chi connectivity index (χ3v) is 3.12. The highest BCUT2D eigenvalue weighted by molar-refractivity contribution is 5.94. The highest BCUT2D eigenvalue weighted by atomic mass is 19.1. The van der Waals surface area contributed by atoms with E-state index in [1.165, 1.54) is 11.0 Å². The summed E-state index contributed by atoms with van der Waals surface area (Å²) >= 11 is 0. The lowest BCUT2D eigenvalue weighted by Gasteiger charge is -2.18. The van der Waals surface area contributed by atoms with Crippen LogP contribution in [0.3, 0.4) is 0 Å². The Morgan fingerprint density at radius 1 is 1.20 bits per heavy atom. The van der Waals surface area contributed by atoms with Crippen molar-refractivity contribution in [1.82, 2.24) is 4.90 Å². The lowest BCUT2D eigenvalue weighted by Crippen LogP contribution is -2.26. The van der Waals surface area contributed by atoms with Crippen molar-refractivity contribution in [3.05, 3.63) is 71.0 Å². The van der Waals surface area contributed by atoms with Gasteiger partial charge in [-0.25, -0.2) is 4.39 Å². The van der Waals surface area contributed by atoms with Gasteiger partial charge in [0.1, 0.15) is 5.82 Å². The molecule has 2 aromatic carbocycles. The largest absolute Gasteiger partial charge is 0.337 e. The standard InChI is InChI=1S/C16H17FN2O/c1-19(11-14-6-2-3-8-15(14)17)16(20)13-7-4-5-12(9-13)10-18/h2-9H,10-11,18H2,1H3. The number of benzene rings is 2. The molecule has 20 heavy (non-hydrogen) atoms. The van der Waals surface area contributed by atoms with Gasteiger partial charge in [-0.05, 0) is 23.8 Å². The lowest BCUT2D eigenvalue weighted by molar-refractivity contribution is 0.0783. The Labute approximate surface area is 117 Å². The Balaban J connectivity index is 2.14. The topological polar surface area (TPSA) is 46.3 Å². The van der Waals surface area contributed by atoms with Crippen LogP contribution in [0.25, 0.3) is 0 Å². The summed E-state index contributed by atoms with van der Waals surface area (Å²) in [6, 6.07) is 13.6. The monoisotopic (exact) mass is 272 g/mol. The van der Waals surface area contributed by atoms with Crippen LogP contribution in [0.15, 0.2) is 48.5 Å². The van der Waals surface area contributed by atoms with E-state index >= 15 is 0 Å². The quantitative estimate of drug-likeness (QED) is 0.929. The molecule has 104 valence electrons. The maximum atomic E-state index is 13.6. The second kappa shape index (κ2) is 6.30. The molecule has 0 heterocycles. The molecule has 3 nitrogen and oxygen atoms in total. The third kappa shape index (κ3) is 3.22. The number of hydrogen-bond acceptors (Lipinski definition) is 2. The first-order chi connectivity index (χ1) is 9.61. The van der Waals surface area contributed by atoms with Crippen LogP contribution in [0.4, 0.5) is 4.39 Å². The molecule has 0 aliphatic heterocycles. The average Bonchev–Trinajstić information content (AvgIpc) is 2.48. The van der Waals surface area contributed by atoms with Gasteiger partial charge in [0.15, 0.2) is 0 Å².